The number of nitrogens with two attached hydrogens (primary N) is 1. The molecule has 2 aliphatic rings. The molecular weight excluding hydrogens is 386 g/mol. The van der Waals surface area contributed by atoms with E-state index in [2.05, 4.69) is 12.1 Å². The number of hydrogen-bond acceptors (Lipinski definition) is 5. The molecule has 6 nitrogen and oxygen atoms in total. The van der Waals surface area contributed by atoms with E-state index in [1.807, 2.05) is 23.2 Å². The van der Waals surface area contributed by atoms with Crippen molar-refractivity contribution in [2.75, 3.05) is 27.2 Å². The van der Waals surface area contributed by atoms with Crippen molar-refractivity contribution in [2.24, 2.45) is 11.8 Å². The Labute approximate surface area is 173 Å². The maximum absolute atomic E-state index is 12.8. The number of hydrazine groups is 1. The normalized spacial score (nSPS) is 22.5. The van der Waals surface area contributed by atoms with Crippen LogP contribution in [0.2, 0.25) is 0 Å². The third-order valence-corrected chi connectivity index (χ3v) is 7.82. The van der Waals surface area contributed by atoms with Crippen molar-refractivity contribution >= 4 is 10.0 Å². The summed E-state index contributed by atoms with van der Waals surface area (Å²) in [5.74, 6) is 7.56. The number of piperidine rings is 1. The molecule has 1 fully saturated rings. The molecule has 2 aromatic rings. The van der Waals surface area contributed by atoms with Gasteiger partial charge in [-0.15, -0.1) is 0 Å². The van der Waals surface area contributed by atoms with E-state index in [9.17, 15) is 8.42 Å². The van der Waals surface area contributed by atoms with Gasteiger partial charge in [-0.05, 0) is 54.0 Å². The predicted octanol–water partition coefficient (Wildman–Crippen LogP) is 2.74. The number of sulfonamides is 1. The van der Waals surface area contributed by atoms with Gasteiger partial charge in [-0.25, -0.2) is 17.7 Å². The molecule has 2 heterocycles. The molecule has 7 heteroatoms. The van der Waals surface area contributed by atoms with Crippen LogP contribution in [0.1, 0.15) is 35.6 Å². The highest BCUT2D eigenvalue weighted by molar-refractivity contribution is 7.89. The Balaban J connectivity index is 1.72. The van der Waals surface area contributed by atoms with Crippen LogP contribution in [0.25, 0.3) is 0 Å². The van der Waals surface area contributed by atoms with Crippen LogP contribution in [0.4, 0.5) is 0 Å². The Bertz CT molecular complexity index is 976. The molecule has 0 unspecified atom stereocenters. The van der Waals surface area contributed by atoms with E-state index in [0.717, 1.165) is 49.1 Å². The molecule has 0 spiro atoms. The summed E-state index contributed by atoms with van der Waals surface area (Å²) in [6.45, 7) is 1.46. The van der Waals surface area contributed by atoms with Crippen LogP contribution in [0.5, 0.6) is 5.75 Å². The number of nitrogens with zero attached hydrogens (tertiary/aromatic N) is 2. The van der Waals surface area contributed by atoms with Gasteiger partial charge in [0.2, 0.25) is 10.0 Å². The van der Waals surface area contributed by atoms with Crippen molar-refractivity contribution in [1.29, 1.82) is 0 Å². The van der Waals surface area contributed by atoms with Gasteiger partial charge in [-0.3, -0.25) is 5.84 Å². The maximum Gasteiger partial charge on any atom is 0.242 e. The largest absolute Gasteiger partial charge is 0.493 e. The first-order chi connectivity index (χ1) is 13.9. The van der Waals surface area contributed by atoms with E-state index >= 15 is 0 Å². The number of fused-ring (bicyclic) bond motifs is 1. The lowest BCUT2D eigenvalue weighted by Crippen LogP contribution is -2.44. The van der Waals surface area contributed by atoms with Crippen LogP contribution in [0.15, 0.2) is 47.4 Å². The molecule has 2 atom stereocenters. The van der Waals surface area contributed by atoms with Gasteiger partial charge in [0.15, 0.2) is 0 Å². The van der Waals surface area contributed by atoms with Gasteiger partial charge in [-0.2, -0.15) is 0 Å². The first-order valence-electron chi connectivity index (χ1n) is 10.2. The second-order valence-electron chi connectivity index (χ2n) is 8.16. The SMILES string of the molecule is CN(C)S(=O)(=O)c1cc2c(c(C[C@@H]3CCCN(N)[C@@H]3c3ccccc3)c1)OCC2. The quantitative estimate of drug-likeness (QED) is 0.760. The first kappa shape index (κ1) is 20.3. The molecule has 1 saturated heterocycles. The molecule has 4 rings (SSSR count). The summed E-state index contributed by atoms with van der Waals surface area (Å²) in [6.07, 6.45) is 3.57. The average Bonchev–Trinajstić information content (AvgIpc) is 3.18. The predicted molar refractivity (Wildman–Crippen MR) is 113 cm³/mol. The minimum atomic E-state index is -3.50. The number of rotatable bonds is 5. The van der Waals surface area contributed by atoms with Crippen molar-refractivity contribution in [3.63, 3.8) is 0 Å². The zero-order valence-electron chi connectivity index (χ0n) is 17.0. The van der Waals surface area contributed by atoms with Crippen LogP contribution in [-0.2, 0) is 22.9 Å². The van der Waals surface area contributed by atoms with Gasteiger partial charge >= 0.3 is 0 Å². The van der Waals surface area contributed by atoms with Gasteiger partial charge in [0.1, 0.15) is 5.75 Å². The second-order valence-corrected chi connectivity index (χ2v) is 10.3. The van der Waals surface area contributed by atoms with Crippen molar-refractivity contribution in [1.82, 2.24) is 9.31 Å². The molecule has 0 bridgehead atoms. The Kier molecular flexibility index (Phi) is 5.66. The van der Waals surface area contributed by atoms with E-state index in [4.69, 9.17) is 10.6 Å². The highest BCUT2D eigenvalue weighted by atomic mass is 32.2. The monoisotopic (exact) mass is 415 g/mol. The third kappa shape index (κ3) is 3.92. The lowest BCUT2D eigenvalue weighted by atomic mass is 9.81. The van der Waals surface area contributed by atoms with Crippen molar-refractivity contribution in [3.05, 3.63) is 59.2 Å². The lowest BCUT2D eigenvalue weighted by molar-refractivity contribution is 0.0922. The standard InChI is InChI=1S/C22H29N3O3S/c1-24(2)29(26,27)20-14-18-10-12-28-22(18)19(15-20)13-17-9-6-11-25(23)21(17)16-7-4-3-5-8-16/h3-5,7-8,14-15,17,21H,6,9-13,23H2,1-2H3/t17-,21+/m0/s1. The summed E-state index contributed by atoms with van der Waals surface area (Å²) >= 11 is 0. The minimum absolute atomic E-state index is 0.108. The van der Waals surface area contributed by atoms with E-state index in [-0.39, 0.29) is 6.04 Å². The molecule has 0 amide bonds. The summed E-state index contributed by atoms with van der Waals surface area (Å²) in [4.78, 5) is 0.346. The molecule has 2 N–H and O–H groups in total. The number of ether oxygens (including phenoxy) is 1. The van der Waals surface area contributed by atoms with Gasteiger partial charge < -0.3 is 4.74 Å². The summed E-state index contributed by atoms with van der Waals surface area (Å²) in [7, 11) is -0.361. The zero-order valence-corrected chi connectivity index (χ0v) is 17.9. The van der Waals surface area contributed by atoms with Gasteiger partial charge in [-0.1, -0.05) is 30.3 Å². The van der Waals surface area contributed by atoms with Crippen LogP contribution >= 0.6 is 0 Å². The highest BCUT2D eigenvalue weighted by Gasteiger charge is 2.33. The molecule has 2 aromatic carbocycles. The van der Waals surface area contributed by atoms with E-state index < -0.39 is 10.0 Å². The molecular formula is C22H29N3O3S. The van der Waals surface area contributed by atoms with Crippen LogP contribution in [0.3, 0.4) is 0 Å². The summed E-state index contributed by atoms with van der Waals surface area (Å²) in [6, 6.07) is 14.0. The molecule has 0 aromatic heterocycles. The molecule has 29 heavy (non-hydrogen) atoms. The van der Waals surface area contributed by atoms with Crippen LogP contribution < -0.4 is 10.6 Å². The Hall–Kier alpha value is -1.93. The molecule has 0 saturated carbocycles. The lowest BCUT2D eigenvalue weighted by Gasteiger charge is -2.39. The average molecular weight is 416 g/mol. The maximum atomic E-state index is 12.8. The van der Waals surface area contributed by atoms with Gasteiger partial charge in [0.25, 0.3) is 0 Å². The smallest absolute Gasteiger partial charge is 0.242 e. The highest BCUT2D eigenvalue weighted by Crippen LogP contribution is 2.40. The molecule has 2 aliphatic heterocycles. The van der Waals surface area contributed by atoms with Gasteiger partial charge in [0.05, 0.1) is 17.5 Å². The Morgan fingerprint density at radius 3 is 2.69 bits per heavy atom. The molecule has 0 aliphatic carbocycles. The summed E-state index contributed by atoms with van der Waals surface area (Å²) in [5.41, 5.74) is 3.16. The summed E-state index contributed by atoms with van der Waals surface area (Å²) < 4.78 is 32.7. The first-order valence-corrected chi connectivity index (χ1v) is 11.6. The second kappa shape index (κ2) is 8.07. The van der Waals surface area contributed by atoms with Gasteiger partial charge in [0, 0.05) is 27.1 Å². The van der Waals surface area contributed by atoms with E-state index in [1.54, 1.807) is 26.2 Å². The summed E-state index contributed by atoms with van der Waals surface area (Å²) in [5, 5.41) is 1.94. The number of benzene rings is 2. The third-order valence-electron chi connectivity index (χ3n) is 6.03. The fourth-order valence-corrected chi connectivity index (χ4v) is 5.59. The zero-order chi connectivity index (χ0) is 20.6. The van der Waals surface area contributed by atoms with Crippen LogP contribution in [0, 0.1) is 5.92 Å². The Morgan fingerprint density at radius 2 is 1.97 bits per heavy atom. The fourth-order valence-electron chi connectivity index (χ4n) is 4.58. The van der Waals surface area contributed by atoms with Crippen molar-refractivity contribution in [3.8, 4) is 5.75 Å². The van der Waals surface area contributed by atoms with Crippen molar-refractivity contribution in [2.45, 2.75) is 36.6 Å². The van der Waals surface area contributed by atoms with Crippen LogP contribution in [-0.4, -0.2) is 45.0 Å². The Morgan fingerprint density at radius 1 is 1.21 bits per heavy atom. The minimum Gasteiger partial charge on any atom is -0.493 e. The number of hydrogen-bond donors (Lipinski definition) is 1. The topological polar surface area (TPSA) is 75.9 Å². The van der Waals surface area contributed by atoms with E-state index in [0.29, 0.717) is 17.4 Å². The molecule has 156 valence electrons. The van der Waals surface area contributed by atoms with E-state index in [1.165, 1.54) is 9.87 Å². The van der Waals surface area contributed by atoms with Crippen molar-refractivity contribution < 1.29 is 13.2 Å². The molecule has 0 radical (unpaired) electrons. The fraction of sp³-hybridized carbons (Fsp3) is 0.455.